The fourth-order valence-electron chi connectivity index (χ4n) is 4.76. The van der Waals surface area contributed by atoms with E-state index in [9.17, 15) is 4.79 Å². The molecule has 38 heavy (non-hydrogen) atoms. The van der Waals surface area contributed by atoms with Gasteiger partial charge in [0, 0.05) is 50.3 Å². The van der Waals surface area contributed by atoms with Gasteiger partial charge < -0.3 is 19.9 Å². The minimum atomic E-state index is -0.0267. The third-order valence-electron chi connectivity index (χ3n) is 6.67. The van der Waals surface area contributed by atoms with Gasteiger partial charge in [-0.1, -0.05) is 6.58 Å². The van der Waals surface area contributed by atoms with Gasteiger partial charge in [-0.2, -0.15) is 10.2 Å². The van der Waals surface area contributed by atoms with E-state index >= 15 is 0 Å². The molecule has 4 aromatic heterocycles. The van der Waals surface area contributed by atoms with Crippen molar-refractivity contribution in [3.8, 4) is 11.5 Å². The van der Waals surface area contributed by atoms with Crippen LogP contribution in [0.5, 0.6) is 11.5 Å². The smallest absolute Gasteiger partial charge is 0.246 e. The lowest BCUT2D eigenvalue weighted by Crippen LogP contribution is -2.34. The van der Waals surface area contributed by atoms with Crippen LogP contribution in [0.2, 0.25) is 0 Å². The number of ether oxygens (including phenoxy) is 1. The summed E-state index contributed by atoms with van der Waals surface area (Å²) in [5, 5.41) is 12.0. The average Bonchev–Trinajstić information content (AvgIpc) is 3.51. The van der Waals surface area contributed by atoms with E-state index in [1.54, 1.807) is 4.52 Å². The summed E-state index contributed by atoms with van der Waals surface area (Å²) in [6.45, 7) is 8.54. The van der Waals surface area contributed by atoms with Gasteiger partial charge in [-0.05, 0) is 55.3 Å². The van der Waals surface area contributed by atoms with E-state index in [-0.39, 0.29) is 5.91 Å². The Morgan fingerprint density at radius 2 is 1.84 bits per heavy atom. The Morgan fingerprint density at radius 3 is 2.71 bits per heavy atom. The van der Waals surface area contributed by atoms with E-state index in [0.29, 0.717) is 18.1 Å². The van der Waals surface area contributed by atoms with Gasteiger partial charge >= 0.3 is 0 Å². The number of pyridine rings is 1. The molecule has 11 heteroatoms. The van der Waals surface area contributed by atoms with Crippen LogP contribution in [0.25, 0.3) is 11.2 Å². The van der Waals surface area contributed by atoms with Crippen LogP contribution in [0.15, 0.2) is 74.1 Å². The lowest BCUT2D eigenvalue weighted by molar-refractivity contribution is -0.125. The van der Waals surface area contributed by atoms with Crippen LogP contribution in [0.1, 0.15) is 12.0 Å². The number of nitrogens with one attached hydrogen (secondary N) is 1. The number of hydrogen-bond donors (Lipinski definition) is 1. The van der Waals surface area contributed by atoms with E-state index in [2.05, 4.69) is 43.0 Å². The van der Waals surface area contributed by atoms with Gasteiger partial charge in [0.05, 0.1) is 5.69 Å². The fraction of sp³-hybridized carbons (Fsp3) is 0.222. The molecule has 0 aliphatic carbocycles. The van der Waals surface area contributed by atoms with Gasteiger partial charge in [-0.25, -0.2) is 19.0 Å². The standard InChI is InChI=1S/C27H27N9O2/c1-3-25(37)34-10-4-9-33(13-14-34)22-8-12-36-26(22)27(29-18-31-36)32-20-5-6-23(19(2)15-20)38-21-7-11-35-24(16-21)28-17-30-35/h3,5-8,11-12,15-18H,1,4,9-10,13-14H2,2H3,(H,29,31,32). The topological polar surface area (TPSA) is 105 Å². The molecule has 0 saturated carbocycles. The molecule has 1 aliphatic rings. The number of amides is 1. The summed E-state index contributed by atoms with van der Waals surface area (Å²) >= 11 is 0. The largest absolute Gasteiger partial charge is 0.457 e. The summed E-state index contributed by atoms with van der Waals surface area (Å²) < 4.78 is 9.63. The molecule has 5 heterocycles. The monoisotopic (exact) mass is 509 g/mol. The highest BCUT2D eigenvalue weighted by molar-refractivity contribution is 5.88. The molecule has 1 aliphatic heterocycles. The molecule has 1 N–H and O–H groups in total. The number of nitrogens with zero attached hydrogens (tertiary/aromatic N) is 8. The SMILES string of the molecule is C=CC(=O)N1CCCN(c2ccn3ncnc(Nc4ccc(Oc5ccn6ncnc6c5)c(C)c4)c23)CC1. The van der Waals surface area contributed by atoms with E-state index in [1.807, 2.05) is 59.1 Å². The second kappa shape index (κ2) is 9.85. The second-order valence-electron chi connectivity index (χ2n) is 9.11. The first kappa shape index (κ1) is 23.5. The molecule has 1 aromatic carbocycles. The minimum absolute atomic E-state index is 0.0267. The van der Waals surface area contributed by atoms with Crippen molar-refractivity contribution < 1.29 is 9.53 Å². The normalized spacial score (nSPS) is 14.0. The Kier molecular flexibility index (Phi) is 6.08. The number of benzene rings is 1. The number of hydrogen-bond acceptors (Lipinski definition) is 8. The molecule has 0 spiro atoms. The number of aryl methyl sites for hydroxylation is 1. The maximum Gasteiger partial charge on any atom is 0.246 e. The first-order chi connectivity index (χ1) is 18.6. The van der Waals surface area contributed by atoms with Gasteiger partial charge in [0.1, 0.15) is 29.7 Å². The Morgan fingerprint density at radius 1 is 1.00 bits per heavy atom. The maximum absolute atomic E-state index is 12.1. The van der Waals surface area contributed by atoms with E-state index in [4.69, 9.17) is 4.74 Å². The van der Waals surface area contributed by atoms with Crippen LogP contribution < -0.4 is 15.0 Å². The molecule has 192 valence electrons. The lowest BCUT2D eigenvalue weighted by atomic mass is 10.2. The highest BCUT2D eigenvalue weighted by Gasteiger charge is 2.21. The Balaban J connectivity index is 1.23. The summed E-state index contributed by atoms with van der Waals surface area (Å²) in [4.78, 5) is 25.0. The molecule has 0 unspecified atom stereocenters. The maximum atomic E-state index is 12.1. The number of carbonyl (C=O) groups excluding carboxylic acids is 1. The molecule has 5 aromatic rings. The van der Waals surface area contributed by atoms with Gasteiger partial charge in [0.25, 0.3) is 0 Å². The van der Waals surface area contributed by atoms with Gasteiger partial charge in [-0.3, -0.25) is 4.79 Å². The van der Waals surface area contributed by atoms with Gasteiger partial charge in [0.2, 0.25) is 5.91 Å². The zero-order valence-corrected chi connectivity index (χ0v) is 21.0. The molecule has 0 radical (unpaired) electrons. The van der Waals surface area contributed by atoms with Crippen molar-refractivity contribution in [1.29, 1.82) is 0 Å². The molecule has 1 saturated heterocycles. The summed E-state index contributed by atoms with van der Waals surface area (Å²) in [6, 6.07) is 11.7. The van der Waals surface area contributed by atoms with Crippen LogP contribution in [0.3, 0.4) is 0 Å². The average molecular weight is 510 g/mol. The van der Waals surface area contributed by atoms with E-state index in [0.717, 1.165) is 59.9 Å². The molecule has 11 nitrogen and oxygen atoms in total. The van der Waals surface area contributed by atoms with Crippen molar-refractivity contribution >= 4 is 34.3 Å². The number of fused-ring (bicyclic) bond motifs is 2. The van der Waals surface area contributed by atoms with Crippen LogP contribution in [-0.4, -0.2) is 66.2 Å². The van der Waals surface area contributed by atoms with E-state index in [1.165, 1.54) is 18.7 Å². The summed E-state index contributed by atoms with van der Waals surface area (Å²) in [6.07, 6.45) is 9.06. The molecule has 1 fully saturated rings. The van der Waals surface area contributed by atoms with Crippen molar-refractivity contribution in [2.75, 3.05) is 36.4 Å². The Labute approximate surface area is 219 Å². The zero-order chi connectivity index (χ0) is 26.1. The third kappa shape index (κ3) is 4.49. The van der Waals surface area contributed by atoms with Crippen LogP contribution in [-0.2, 0) is 4.79 Å². The van der Waals surface area contributed by atoms with Crippen LogP contribution in [0.4, 0.5) is 17.2 Å². The number of anilines is 3. The van der Waals surface area contributed by atoms with E-state index < -0.39 is 0 Å². The molecule has 1 amide bonds. The third-order valence-corrected chi connectivity index (χ3v) is 6.67. The van der Waals surface area contributed by atoms with Crippen LogP contribution >= 0.6 is 0 Å². The summed E-state index contributed by atoms with van der Waals surface area (Å²) in [7, 11) is 0. The predicted molar refractivity (Wildman–Crippen MR) is 144 cm³/mol. The van der Waals surface area contributed by atoms with Crippen molar-refractivity contribution in [2.24, 2.45) is 0 Å². The molecule has 6 rings (SSSR count). The Hall–Kier alpha value is -4.93. The number of carbonyl (C=O) groups is 1. The number of rotatable bonds is 6. The van der Waals surface area contributed by atoms with Gasteiger partial charge in [0.15, 0.2) is 11.5 Å². The van der Waals surface area contributed by atoms with Crippen molar-refractivity contribution in [3.63, 3.8) is 0 Å². The molecular formula is C27H27N9O2. The lowest BCUT2D eigenvalue weighted by Gasteiger charge is -2.23. The van der Waals surface area contributed by atoms with Crippen molar-refractivity contribution in [3.05, 3.63) is 79.7 Å². The number of aromatic nitrogens is 6. The van der Waals surface area contributed by atoms with Gasteiger partial charge in [-0.15, -0.1) is 0 Å². The quantitative estimate of drug-likeness (QED) is 0.344. The fourth-order valence-corrected chi connectivity index (χ4v) is 4.76. The predicted octanol–water partition coefficient (Wildman–Crippen LogP) is 3.84. The second-order valence-corrected chi connectivity index (χ2v) is 9.11. The molecule has 0 atom stereocenters. The first-order valence-corrected chi connectivity index (χ1v) is 12.4. The molecular weight excluding hydrogens is 482 g/mol. The molecule has 0 bridgehead atoms. The van der Waals surface area contributed by atoms with Crippen LogP contribution in [0, 0.1) is 6.92 Å². The summed E-state index contributed by atoms with van der Waals surface area (Å²) in [5.41, 5.74) is 4.49. The van der Waals surface area contributed by atoms with Crippen molar-refractivity contribution in [2.45, 2.75) is 13.3 Å². The van der Waals surface area contributed by atoms with Crippen molar-refractivity contribution in [1.82, 2.24) is 34.1 Å². The summed E-state index contributed by atoms with van der Waals surface area (Å²) in [5.74, 6) is 2.11. The minimum Gasteiger partial charge on any atom is -0.457 e. The Bertz CT molecular complexity index is 1640. The zero-order valence-electron chi connectivity index (χ0n) is 21.0. The highest BCUT2D eigenvalue weighted by atomic mass is 16.5. The highest BCUT2D eigenvalue weighted by Crippen LogP contribution is 2.32. The first-order valence-electron chi connectivity index (χ1n) is 12.4.